The average Bonchev–Trinajstić information content (AvgIpc) is 3.21. The predicted molar refractivity (Wildman–Crippen MR) is 120 cm³/mol. The fourth-order valence-electron chi connectivity index (χ4n) is 4.35. The third-order valence-corrected chi connectivity index (χ3v) is 6.40. The number of piperidine rings is 1. The minimum atomic E-state index is -5.08. The standard InChI is InChI=1S/C22H26N4O.C2HF3O2/c1-27-20-9-2-5-16(13-20)17-10-11-21-23-22(24-26(21)15-17)18-6-4-12-25(14-18)19-7-3-8-19;3-2(4,5)1(6)7/h2,5,9-11,13,15,18-19H,3-4,6-8,12,14H2,1H3;(H,6,7). The lowest BCUT2D eigenvalue weighted by Gasteiger charge is -2.41. The number of fused-ring (bicyclic) bond motifs is 1. The summed E-state index contributed by atoms with van der Waals surface area (Å²) in [5.74, 6) is -0.431. The lowest BCUT2D eigenvalue weighted by Crippen LogP contribution is -2.45. The Morgan fingerprint density at radius 1 is 1.12 bits per heavy atom. The van der Waals surface area contributed by atoms with E-state index in [1.54, 1.807) is 7.11 Å². The number of hydrogen-bond donors (Lipinski definition) is 1. The number of carboxylic acid groups (broad SMARTS) is 1. The Labute approximate surface area is 195 Å². The molecule has 5 rings (SSSR count). The van der Waals surface area contributed by atoms with Crippen LogP contribution in [-0.2, 0) is 4.79 Å². The summed E-state index contributed by atoms with van der Waals surface area (Å²) in [6.07, 6.45) is 3.58. The molecule has 0 spiro atoms. The van der Waals surface area contributed by atoms with Crippen LogP contribution >= 0.6 is 0 Å². The predicted octanol–water partition coefficient (Wildman–Crippen LogP) is 4.77. The van der Waals surface area contributed by atoms with Crippen molar-refractivity contribution in [1.29, 1.82) is 0 Å². The van der Waals surface area contributed by atoms with E-state index >= 15 is 0 Å². The van der Waals surface area contributed by atoms with Crippen LogP contribution in [0.5, 0.6) is 5.75 Å². The normalized spacial score (nSPS) is 19.2. The SMILES string of the molecule is COc1cccc(-c2ccc3nc(C4CCCN(C5CCC5)C4)nn3c2)c1.O=C(O)C(F)(F)F. The van der Waals surface area contributed by atoms with E-state index in [0.717, 1.165) is 40.9 Å². The molecular formula is C24H27F3N4O3. The Morgan fingerprint density at radius 2 is 1.88 bits per heavy atom. The monoisotopic (exact) mass is 476 g/mol. The fraction of sp³-hybridized carbons (Fsp3) is 0.458. The summed E-state index contributed by atoms with van der Waals surface area (Å²) in [6.45, 7) is 2.36. The number of ether oxygens (including phenoxy) is 1. The van der Waals surface area contributed by atoms with Gasteiger partial charge in [0, 0.05) is 30.3 Å². The number of rotatable bonds is 4. The van der Waals surface area contributed by atoms with Crippen molar-refractivity contribution in [1.82, 2.24) is 19.5 Å². The van der Waals surface area contributed by atoms with Crippen LogP contribution in [0.3, 0.4) is 0 Å². The van der Waals surface area contributed by atoms with E-state index in [4.69, 9.17) is 24.7 Å². The summed E-state index contributed by atoms with van der Waals surface area (Å²) in [4.78, 5) is 16.4. The van der Waals surface area contributed by atoms with Gasteiger partial charge in [-0.1, -0.05) is 18.6 Å². The zero-order chi connectivity index (χ0) is 24.3. The molecule has 3 heterocycles. The van der Waals surface area contributed by atoms with Crippen molar-refractivity contribution in [3.63, 3.8) is 0 Å². The molecule has 3 aromatic rings. The lowest BCUT2D eigenvalue weighted by molar-refractivity contribution is -0.192. The van der Waals surface area contributed by atoms with Crippen molar-refractivity contribution in [3.8, 4) is 16.9 Å². The van der Waals surface area contributed by atoms with Gasteiger partial charge in [0.25, 0.3) is 0 Å². The summed E-state index contributed by atoms with van der Waals surface area (Å²) < 4.78 is 39.0. The van der Waals surface area contributed by atoms with E-state index in [-0.39, 0.29) is 0 Å². The molecule has 2 fully saturated rings. The van der Waals surface area contributed by atoms with Gasteiger partial charge < -0.3 is 9.84 Å². The maximum absolute atomic E-state index is 10.6. The summed E-state index contributed by atoms with van der Waals surface area (Å²) in [6, 6.07) is 13.1. The maximum atomic E-state index is 10.6. The number of hydrogen-bond acceptors (Lipinski definition) is 5. The van der Waals surface area contributed by atoms with Crippen molar-refractivity contribution in [3.05, 3.63) is 48.4 Å². The Bertz CT molecular complexity index is 1140. The molecule has 0 radical (unpaired) electrons. The van der Waals surface area contributed by atoms with Crippen LogP contribution in [-0.4, -0.2) is 63.0 Å². The molecular weight excluding hydrogens is 449 g/mol. The highest BCUT2D eigenvalue weighted by Gasteiger charge is 2.38. The van der Waals surface area contributed by atoms with Gasteiger partial charge in [-0.25, -0.2) is 14.3 Å². The van der Waals surface area contributed by atoms with E-state index in [0.29, 0.717) is 5.92 Å². The molecule has 1 N–H and O–H groups in total. The van der Waals surface area contributed by atoms with Gasteiger partial charge in [0.1, 0.15) is 5.75 Å². The first kappa shape index (κ1) is 24.0. The number of nitrogens with zero attached hydrogens (tertiary/aromatic N) is 4. The van der Waals surface area contributed by atoms with Crippen molar-refractivity contribution in [2.45, 2.75) is 50.2 Å². The molecule has 10 heteroatoms. The van der Waals surface area contributed by atoms with E-state index in [1.807, 2.05) is 16.6 Å². The van der Waals surface area contributed by atoms with E-state index in [2.05, 4.69) is 35.4 Å². The van der Waals surface area contributed by atoms with Crippen molar-refractivity contribution in [2.24, 2.45) is 0 Å². The third kappa shape index (κ3) is 5.49. The Hall–Kier alpha value is -3.14. The topological polar surface area (TPSA) is 80.0 Å². The van der Waals surface area contributed by atoms with Crippen molar-refractivity contribution in [2.75, 3.05) is 20.2 Å². The van der Waals surface area contributed by atoms with Crippen LogP contribution in [0.1, 0.15) is 43.8 Å². The second-order valence-corrected chi connectivity index (χ2v) is 8.64. The van der Waals surface area contributed by atoms with Gasteiger partial charge in [-0.15, -0.1) is 0 Å². The molecule has 0 bridgehead atoms. The van der Waals surface area contributed by atoms with Crippen LogP contribution in [0.2, 0.25) is 0 Å². The van der Waals surface area contributed by atoms with Crippen molar-refractivity contribution >= 4 is 11.6 Å². The van der Waals surface area contributed by atoms with Crippen LogP contribution in [0, 0.1) is 0 Å². The van der Waals surface area contributed by atoms with Crippen LogP contribution in [0.4, 0.5) is 13.2 Å². The molecule has 1 unspecified atom stereocenters. The molecule has 34 heavy (non-hydrogen) atoms. The van der Waals surface area contributed by atoms with Gasteiger partial charge in [-0.3, -0.25) is 4.90 Å². The number of halogens is 3. The Balaban J connectivity index is 0.000000344. The Morgan fingerprint density at radius 3 is 2.53 bits per heavy atom. The molecule has 1 aromatic carbocycles. The first-order valence-corrected chi connectivity index (χ1v) is 11.3. The second-order valence-electron chi connectivity index (χ2n) is 8.64. The fourth-order valence-corrected chi connectivity index (χ4v) is 4.35. The molecule has 0 amide bonds. The molecule has 1 saturated heterocycles. The highest BCUT2D eigenvalue weighted by molar-refractivity contribution is 5.73. The maximum Gasteiger partial charge on any atom is 0.490 e. The Kier molecular flexibility index (Phi) is 7.06. The number of alkyl halides is 3. The number of carboxylic acids is 1. The number of methoxy groups -OCH3 is 1. The number of pyridine rings is 1. The number of carbonyl (C=O) groups is 1. The van der Waals surface area contributed by atoms with Gasteiger partial charge in [-0.05, 0) is 62.1 Å². The van der Waals surface area contributed by atoms with E-state index in [9.17, 15) is 13.2 Å². The molecule has 2 aliphatic rings. The minimum absolute atomic E-state index is 0.458. The van der Waals surface area contributed by atoms with Gasteiger partial charge in [-0.2, -0.15) is 18.3 Å². The highest BCUT2D eigenvalue weighted by Crippen LogP contribution is 2.32. The van der Waals surface area contributed by atoms with Crippen LogP contribution in [0.25, 0.3) is 16.8 Å². The van der Waals surface area contributed by atoms with Crippen LogP contribution in [0.15, 0.2) is 42.6 Å². The molecule has 182 valence electrons. The van der Waals surface area contributed by atoms with Crippen LogP contribution < -0.4 is 4.74 Å². The van der Waals surface area contributed by atoms with E-state index in [1.165, 1.54) is 38.6 Å². The zero-order valence-electron chi connectivity index (χ0n) is 18.8. The summed E-state index contributed by atoms with van der Waals surface area (Å²) in [7, 11) is 1.70. The van der Waals surface area contributed by atoms with Crippen molar-refractivity contribution < 1.29 is 27.8 Å². The van der Waals surface area contributed by atoms with E-state index < -0.39 is 12.1 Å². The lowest BCUT2D eigenvalue weighted by atomic mass is 9.87. The number of aliphatic carboxylic acids is 1. The average molecular weight is 476 g/mol. The molecule has 1 aliphatic heterocycles. The third-order valence-electron chi connectivity index (χ3n) is 6.40. The molecule has 1 aliphatic carbocycles. The molecule has 1 saturated carbocycles. The highest BCUT2D eigenvalue weighted by atomic mass is 19.4. The largest absolute Gasteiger partial charge is 0.497 e. The molecule has 7 nitrogen and oxygen atoms in total. The second kappa shape index (κ2) is 10.0. The number of aromatic nitrogens is 3. The molecule has 1 atom stereocenters. The summed E-state index contributed by atoms with van der Waals surface area (Å²) in [5.41, 5.74) is 3.18. The number of benzene rings is 1. The first-order valence-electron chi connectivity index (χ1n) is 11.3. The smallest absolute Gasteiger partial charge is 0.490 e. The van der Waals surface area contributed by atoms with Gasteiger partial charge in [0.2, 0.25) is 0 Å². The van der Waals surface area contributed by atoms with Gasteiger partial charge >= 0.3 is 12.1 Å². The first-order chi connectivity index (χ1) is 16.2. The molecule has 2 aromatic heterocycles. The van der Waals surface area contributed by atoms with Gasteiger partial charge in [0.15, 0.2) is 11.5 Å². The quantitative estimate of drug-likeness (QED) is 0.584. The van der Waals surface area contributed by atoms with Gasteiger partial charge in [0.05, 0.1) is 7.11 Å². The minimum Gasteiger partial charge on any atom is -0.497 e. The summed E-state index contributed by atoms with van der Waals surface area (Å²) in [5, 5.41) is 12.0. The number of likely N-dealkylation sites (tertiary alicyclic amines) is 1. The summed E-state index contributed by atoms with van der Waals surface area (Å²) >= 11 is 0. The zero-order valence-corrected chi connectivity index (χ0v) is 18.8.